The third kappa shape index (κ3) is 3.47. The Morgan fingerprint density at radius 2 is 2.12 bits per heavy atom. The first-order chi connectivity index (χ1) is 11.3. The first-order valence-electron chi connectivity index (χ1n) is 7.69. The van der Waals surface area contributed by atoms with Crippen molar-refractivity contribution in [3.63, 3.8) is 0 Å². The second-order valence-electron chi connectivity index (χ2n) is 6.27. The number of carbonyl (C=O) groups is 2. The lowest BCUT2D eigenvalue weighted by atomic mass is 10.0. The monoisotopic (exact) mass is 364 g/mol. The van der Waals surface area contributed by atoms with E-state index in [0.29, 0.717) is 24.4 Å². The van der Waals surface area contributed by atoms with Gasteiger partial charge in [-0.3, -0.25) is 14.2 Å². The Morgan fingerprint density at radius 3 is 2.75 bits per heavy atom. The molecule has 3 unspecified atom stereocenters. The number of nitrogens with zero attached hydrogens (tertiary/aromatic N) is 2. The number of hydroxylamine groups is 3. The smallest absolute Gasteiger partial charge is 0.314 e. The molecule has 0 aromatic rings. The molecule has 4 atom stereocenters. The molecular weight excluding hydrogens is 344 g/mol. The fourth-order valence-corrected chi connectivity index (χ4v) is 3.64. The SMILES string of the molecule is CC1CNCC1ONC(=O)[C@@H]1CCC2CN1C(=O)N2OS(=O)(=O)O. The van der Waals surface area contributed by atoms with E-state index in [1.807, 2.05) is 6.92 Å². The van der Waals surface area contributed by atoms with Crippen LogP contribution in [0.2, 0.25) is 0 Å². The summed E-state index contributed by atoms with van der Waals surface area (Å²) in [5.41, 5.74) is 2.39. The van der Waals surface area contributed by atoms with Gasteiger partial charge in [0.15, 0.2) is 0 Å². The molecule has 0 aromatic heterocycles. The number of rotatable bonds is 5. The van der Waals surface area contributed by atoms with E-state index in [2.05, 4.69) is 15.1 Å². The predicted octanol–water partition coefficient (Wildman–Crippen LogP) is -1.35. The molecule has 24 heavy (non-hydrogen) atoms. The highest BCUT2D eigenvalue weighted by atomic mass is 32.3. The number of piperidine rings is 1. The van der Waals surface area contributed by atoms with Gasteiger partial charge in [0.25, 0.3) is 5.91 Å². The topological polar surface area (TPSA) is 138 Å². The molecule has 3 saturated heterocycles. The maximum Gasteiger partial charge on any atom is 0.418 e. The molecule has 0 spiro atoms. The van der Waals surface area contributed by atoms with Gasteiger partial charge in [-0.2, -0.15) is 13.5 Å². The van der Waals surface area contributed by atoms with Crippen molar-refractivity contribution >= 4 is 22.3 Å². The van der Waals surface area contributed by atoms with Crippen LogP contribution in [0.4, 0.5) is 4.79 Å². The normalized spacial score (nSPS) is 33.2. The fourth-order valence-electron chi connectivity index (χ4n) is 3.25. The first kappa shape index (κ1) is 17.4. The highest BCUT2D eigenvalue weighted by Crippen LogP contribution is 2.30. The van der Waals surface area contributed by atoms with Gasteiger partial charge in [-0.25, -0.2) is 10.3 Å². The Kier molecular flexibility index (Phi) is 4.66. The van der Waals surface area contributed by atoms with Crippen molar-refractivity contribution in [1.82, 2.24) is 20.8 Å². The van der Waals surface area contributed by atoms with Gasteiger partial charge < -0.3 is 10.2 Å². The molecule has 0 aromatic carbocycles. The van der Waals surface area contributed by atoms with Gasteiger partial charge in [-0.1, -0.05) is 6.92 Å². The zero-order chi connectivity index (χ0) is 17.5. The average Bonchev–Trinajstić information content (AvgIpc) is 3.01. The molecule has 3 heterocycles. The average molecular weight is 364 g/mol. The Hall–Kier alpha value is -1.47. The Balaban J connectivity index is 1.60. The van der Waals surface area contributed by atoms with Crippen LogP contribution in [-0.4, -0.2) is 72.7 Å². The van der Waals surface area contributed by atoms with Gasteiger partial charge in [0, 0.05) is 19.6 Å². The van der Waals surface area contributed by atoms with Crippen molar-refractivity contribution in [2.24, 2.45) is 5.92 Å². The number of fused-ring (bicyclic) bond motifs is 2. The summed E-state index contributed by atoms with van der Waals surface area (Å²) in [6.45, 7) is 3.58. The molecule has 3 rings (SSSR count). The van der Waals surface area contributed by atoms with Crippen LogP contribution in [0.5, 0.6) is 0 Å². The van der Waals surface area contributed by atoms with Crippen LogP contribution in [0.3, 0.4) is 0 Å². The largest absolute Gasteiger partial charge is 0.418 e. The highest BCUT2D eigenvalue weighted by Gasteiger charge is 2.49. The van der Waals surface area contributed by atoms with E-state index in [1.54, 1.807) is 0 Å². The van der Waals surface area contributed by atoms with Crippen molar-refractivity contribution in [3.8, 4) is 0 Å². The second-order valence-corrected chi connectivity index (χ2v) is 7.27. The fraction of sp³-hybridized carbons (Fsp3) is 0.833. The van der Waals surface area contributed by atoms with E-state index >= 15 is 0 Å². The molecular formula is C12H20N4O7S. The van der Waals surface area contributed by atoms with Gasteiger partial charge in [0.05, 0.1) is 6.04 Å². The van der Waals surface area contributed by atoms with Crippen LogP contribution in [0, 0.1) is 5.92 Å². The molecule has 3 amide bonds. The minimum Gasteiger partial charge on any atom is -0.314 e. The zero-order valence-corrected chi connectivity index (χ0v) is 13.9. The summed E-state index contributed by atoms with van der Waals surface area (Å²) in [5, 5.41) is 3.75. The quantitative estimate of drug-likeness (QED) is 0.402. The van der Waals surface area contributed by atoms with Gasteiger partial charge in [-0.05, 0) is 18.8 Å². The van der Waals surface area contributed by atoms with Crippen LogP contribution in [0.25, 0.3) is 0 Å². The third-order valence-corrected chi connectivity index (χ3v) is 4.91. The molecule has 3 aliphatic heterocycles. The van der Waals surface area contributed by atoms with Gasteiger partial charge in [0.1, 0.15) is 12.1 Å². The van der Waals surface area contributed by atoms with Crippen molar-refractivity contribution in [1.29, 1.82) is 0 Å². The van der Waals surface area contributed by atoms with E-state index in [-0.39, 0.29) is 18.6 Å². The number of nitrogens with one attached hydrogen (secondary N) is 2. The lowest BCUT2D eigenvalue weighted by Gasteiger charge is -2.29. The summed E-state index contributed by atoms with van der Waals surface area (Å²) < 4.78 is 34.7. The van der Waals surface area contributed by atoms with E-state index in [9.17, 15) is 18.0 Å². The Morgan fingerprint density at radius 1 is 1.38 bits per heavy atom. The van der Waals surface area contributed by atoms with Crippen molar-refractivity contribution in [2.45, 2.75) is 38.0 Å². The Bertz CT molecular complexity index is 627. The molecule has 11 nitrogen and oxygen atoms in total. The van der Waals surface area contributed by atoms with Gasteiger partial charge in [-0.15, -0.1) is 4.28 Å². The lowest BCUT2D eigenvalue weighted by Crippen LogP contribution is -2.50. The lowest BCUT2D eigenvalue weighted by molar-refractivity contribution is -0.144. The summed E-state index contributed by atoms with van der Waals surface area (Å²) in [6, 6.07) is -2.07. The van der Waals surface area contributed by atoms with Crippen molar-refractivity contribution in [3.05, 3.63) is 0 Å². The minimum absolute atomic E-state index is 0.140. The zero-order valence-electron chi connectivity index (χ0n) is 13.0. The molecule has 3 fully saturated rings. The van der Waals surface area contributed by atoms with Gasteiger partial charge in [0.2, 0.25) is 0 Å². The molecule has 3 N–H and O–H groups in total. The molecule has 3 aliphatic rings. The van der Waals surface area contributed by atoms with Crippen LogP contribution < -0.4 is 10.8 Å². The summed E-state index contributed by atoms with van der Waals surface area (Å²) in [5.74, 6) is -0.206. The summed E-state index contributed by atoms with van der Waals surface area (Å²) in [7, 11) is -4.80. The minimum atomic E-state index is -4.80. The van der Waals surface area contributed by atoms with Gasteiger partial charge >= 0.3 is 16.4 Å². The Labute approximate surface area is 139 Å². The maximum atomic E-state index is 12.3. The summed E-state index contributed by atoms with van der Waals surface area (Å²) >= 11 is 0. The summed E-state index contributed by atoms with van der Waals surface area (Å²) in [6.07, 6.45) is 0.575. The van der Waals surface area contributed by atoms with Crippen molar-refractivity contribution < 1.29 is 31.7 Å². The number of amides is 3. The first-order valence-corrected chi connectivity index (χ1v) is 9.06. The molecule has 2 bridgehead atoms. The van der Waals surface area contributed by atoms with Crippen LogP contribution in [0.15, 0.2) is 0 Å². The molecule has 0 radical (unpaired) electrons. The van der Waals surface area contributed by atoms with E-state index in [1.165, 1.54) is 4.90 Å². The second kappa shape index (κ2) is 6.44. The molecule has 136 valence electrons. The summed E-state index contributed by atoms with van der Waals surface area (Å²) in [4.78, 5) is 31.1. The molecule has 0 saturated carbocycles. The third-order valence-electron chi connectivity index (χ3n) is 4.56. The van der Waals surface area contributed by atoms with Crippen LogP contribution in [-0.2, 0) is 24.3 Å². The number of urea groups is 1. The predicted molar refractivity (Wildman–Crippen MR) is 78.4 cm³/mol. The number of hydrogen-bond donors (Lipinski definition) is 3. The molecule has 0 aliphatic carbocycles. The maximum absolute atomic E-state index is 12.3. The van der Waals surface area contributed by atoms with Crippen LogP contribution >= 0.6 is 0 Å². The molecule has 12 heteroatoms. The number of carbonyl (C=O) groups excluding carboxylic acids is 2. The van der Waals surface area contributed by atoms with E-state index in [4.69, 9.17) is 9.39 Å². The van der Waals surface area contributed by atoms with Crippen molar-refractivity contribution in [2.75, 3.05) is 19.6 Å². The van der Waals surface area contributed by atoms with E-state index < -0.39 is 34.4 Å². The number of hydrogen-bond acceptors (Lipinski definition) is 7. The van der Waals surface area contributed by atoms with E-state index in [0.717, 1.165) is 6.54 Å². The standard InChI is InChI=1S/C12H20N4O7S/c1-7-4-13-5-10(7)22-14-11(17)9-3-2-8-6-15(9)12(18)16(8)23-24(19,20)21/h7-10,13H,2-6H2,1H3,(H,14,17)(H,19,20,21)/t7?,8?,9-,10?/m0/s1. The van der Waals surface area contributed by atoms with Crippen LogP contribution in [0.1, 0.15) is 19.8 Å². The highest BCUT2D eigenvalue weighted by molar-refractivity contribution is 7.80.